The Morgan fingerprint density at radius 1 is 1.77 bits per heavy atom. The van der Waals surface area contributed by atoms with Gasteiger partial charge in [-0.15, -0.1) is 11.3 Å². The minimum absolute atomic E-state index is 0.0713. The van der Waals surface area contributed by atoms with Crippen LogP contribution in [0.3, 0.4) is 0 Å². The van der Waals surface area contributed by atoms with E-state index in [1.54, 1.807) is 11.6 Å². The van der Waals surface area contributed by atoms with Gasteiger partial charge in [0.15, 0.2) is 5.13 Å². The molecular weight excluding hydrogens is 188 g/mol. The number of anilines is 1. The molecule has 1 N–H and O–H groups in total. The highest BCUT2D eigenvalue weighted by molar-refractivity contribution is 7.13. The molecule has 0 aliphatic rings. The van der Waals surface area contributed by atoms with E-state index in [2.05, 4.69) is 10.3 Å². The Kier molecular flexibility index (Phi) is 3.85. The molecule has 0 radical (unpaired) electrons. The average Bonchev–Trinajstić information content (AvgIpc) is 2.53. The molecule has 4 nitrogen and oxygen atoms in total. The van der Waals surface area contributed by atoms with E-state index in [0.717, 1.165) is 0 Å². The zero-order valence-electron chi connectivity index (χ0n) is 7.61. The molecule has 1 aromatic rings. The van der Waals surface area contributed by atoms with E-state index in [0.29, 0.717) is 5.13 Å². The van der Waals surface area contributed by atoms with Gasteiger partial charge in [0.25, 0.3) is 5.91 Å². The summed E-state index contributed by atoms with van der Waals surface area (Å²) in [6, 6.07) is 0. The molecule has 1 rings (SSSR count). The van der Waals surface area contributed by atoms with Gasteiger partial charge in [0.1, 0.15) is 6.61 Å². The number of amides is 1. The third-order valence-electron chi connectivity index (χ3n) is 1.23. The first kappa shape index (κ1) is 10.1. The second-order valence-corrected chi connectivity index (χ2v) is 3.64. The summed E-state index contributed by atoms with van der Waals surface area (Å²) in [7, 11) is 0. The van der Waals surface area contributed by atoms with Crippen LogP contribution in [0.1, 0.15) is 13.8 Å². The Balaban J connectivity index is 2.26. The van der Waals surface area contributed by atoms with Gasteiger partial charge in [-0.1, -0.05) is 0 Å². The minimum atomic E-state index is -0.163. The third kappa shape index (κ3) is 4.00. The van der Waals surface area contributed by atoms with Crippen molar-refractivity contribution in [2.24, 2.45) is 0 Å². The Bertz CT molecular complexity index is 259. The first-order chi connectivity index (χ1) is 6.18. The molecule has 72 valence electrons. The van der Waals surface area contributed by atoms with Gasteiger partial charge in [-0.3, -0.25) is 10.1 Å². The molecule has 1 aromatic heterocycles. The van der Waals surface area contributed by atoms with E-state index >= 15 is 0 Å². The van der Waals surface area contributed by atoms with Crippen LogP contribution in [-0.2, 0) is 9.53 Å². The molecule has 0 saturated carbocycles. The van der Waals surface area contributed by atoms with Gasteiger partial charge in [0.2, 0.25) is 0 Å². The normalized spacial score (nSPS) is 10.4. The topological polar surface area (TPSA) is 51.2 Å². The van der Waals surface area contributed by atoms with Crippen molar-refractivity contribution < 1.29 is 9.53 Å². The van der Waals surface area contributed by atoms with Gasteiger partial charge in [-0.2, -0.15) is 0 Å². The highest BCUT2D eigenvalue weighted by Gasteiger charge is 2.04. The Hall–Kier alpha value is -0.940. The zero-order chi connectivity index (χ0) is 9.68. The molecule has 0 atom stereocenters. The Morgan fingerprint density at radius 3 is 3.08 bits per heavy atom. The summed E-state index contributed by atoms with van der Waals surface area (Å²) in [5.41, 5.74) is 0. The van der Waals surface area contributed by atoms with Crippen LogP contribution in [0.5, 0.6) is 0 Å². The smallest absolute Gasteiger partial charge is 0.252 e. The molecule has 0 spiro atoms. The van der Waals surface area contributed by atoms with Crippen LogP contribution in [0.15, 0.2) is 11.6 Å². The van der Waals surface area contributed by atoms with Crippen molar-refractivity contribution in [2.75, 3.05) is 11.9 Å². The number of carbonyl (C=O) groups is 1. The first-order valence-electron chi connectivity index (χ1n) is 3.99. The average molecular weight is 200 g/mol. The summed E-state index contributed by atoms with van der Waals surface area (Å²) in [5, 5.41) is 5.03. The largest absolute Gasteiger partial charge is 0.369 e. The molecule has 0 aromatic carbocycles. The van der Waals surface area contributed by atoms with Crippen molar-refractivity contribution in [1.82, 2.24) is 4.98 Å². The number of nitrogens with one attached hydrogen (secondary N) is 1. The first-order valence-corrected chi connectivity index (χ1v) is 4.87. The number of carbonyl (C=O) groups excluding carboxylic acids is 1. The van der Waals surface area contributed by atoms with E-state index in [9.17, 15) is 4.79 Å². The number of ether oxygens (including phenoxy) is 1. The molecule has 0 fully saturated rings. The van der Waals surface area contributed by atoms with E-state index in [-0.39, 0.29) is 18.6 Å². The quantitative estimate of drug-likeness (QED) is 0.801. The van der Waals surface area contributed by atoms with Crippen LogP contribution in [0.2, 0.25) is 0 Å². The fraction of sp³-hybridized carbons (Fsp3) is 0.500. The summed E-state index contributed by atoms with van der Waals surface area (Å²) < 4.78 is 5.12. The molecule has 5 heteroatoms. The van der Waals surface area contributed by atoms with Gasteiger partial charge >= 0.3 is 0 Å². The molecule has 0 saturated heterocycles. The van der Waals surface area contributed by atoms with E-state index in [4.69, 9.17) is 4.74 Å². The molecule has 0 aliphatic heterocycles. The van der Waals surface area contributed by atoms with E-state index < -0.39 is 0 Å². The Labute approximate surface area is 80.9 Å². The summed E-state index contributed by atoms with van der Waals surface area (Å²) in [6.45, 7) is 3.85. The lowest BCUT2D eigenvalue weighted by molar-refractivity contribution is -0.121. The number of hydrogen-bond acceptors (Lipinski definition) is 4. The van der Waals surface area contributed by atoms with E-state index in [1.807, 2.05) is 13.8 Å². The predicted molar refractivity (Wildman–Crippen MR) is 51.8 cm³/mol. The number of hydrogen-bond donors (Lipinski definition) is 1. The zero-order valence-corrected chi connectivity index (χ0v) is 8.43. The highest BCUT2D eigenvalue weighted by atomic mass is 32.1. The maximum atomic E-state index is 11.1. The lowest BCUT2D eigenvalue weighted by Crippen LogP contribution is -2.20. The summed E-state index contributed by atoms with van der Waals surface area (Å²) in [4.78, 5) is 15.1. The molecule has 0 aliphatic carbocycles. The van der Waals surface area contributed by atoms with Gasteiger partial charge in [-0.25, -0.2) is 4.98 Å². The molecule has 1 amide bonds. The van der Waals surface area contributed by atoms with Crippen molar-refractivity contribution >= 4 is 22.4 Å². The van der Waals surface area contributed by atoms with Crippen molar-refractivity contribution in [3.63, 3.8) is 0 Å². The molecular formula is C8H12N2O2S. The maximum absolute atomic E-state index is 11.1. The van der Waals surface area contributed by atoms with E-state index in [1.165, 1.54) is 11.3 Å². The molecule has 13 heavy (non-hydrogen) atoms. The summed E-state index contributed by atoms with van der Waals surface area (Å²) in [6.07, 6.45) is 1.71. The van der Waals surface area contributed by atoms with Gasteiger partial charge in [-0.05, 0) is 13.8 Å². The molecule has 0 bridgehead atoms. The van der Waals surface area contributed by atoms with Gasteiger partial charge < -0.3 is 4.74 Å². The minimum Gasteiger partial charge on any atom is -0.369 e. The highest BCUT2D eigenvalue weighted by Crippen LogP contribution is 2.09. The van der Waals surface area contributed by atoms with Crippen LogP contribution >= 0.6 is 11.3 Å². The Morgan fingerprint density at radius 2 is 2.54 bits per heavy atom. The monoisotopic (exact) mass is 200 g/mol. The van der Waals surface area contributed by atoms with Crippen LogP contribution in [0.4, 0.5) is 5.13 Å². The number of rotatable bonds is 4. The van der Waals surface area contributed by atoms with Crippen molar-refractivity contribution in [3.05, 3.63) is 11.6 Å². The van der Waals surface area contributed by atoms with Crippen LogP contribution in [-0.4, -0.2) is 23.6 Å². The standard InChI is InChI=1S/C8H12N2O2S/c1-6(2)12-5-7(11)10-8-9-3-4-13-8/h3-4,6H,5H2,1-2H3,(H,9,10,11). The fourth-order valence-electron chi connectivity index (χ4n) is 0.683. The second-order valence-electron chi connectivity index (χ2n) is 2.75. The number of nitrogens with zero attached hydrogens (tertiary/aromatic N) is 1. The SMILES string of the molecule is CC(C)OCC(=O)Nc1nccs1. The molecule has 0 unspecified atom stereocenters. The number of aromatic nitrogens is 1. The summed E-state index contributed by atoms with van der Waals surface area (Å²) in [5.74, 6) is -0.163. The number of thiazole rings is 1. The summed E-state index contributed by atoms with van der Waals surface area (Å²) >= 11 is 1.39. The van der Waals surface area contributed by atoms with Crippen LogP contribution in [0, 0.1) is 0 Å². The lowest BCUT2D eigenvalue weighted by Gasteiger charge is -2.06. The second kappa shape index (κ2) is 4.94. The van der Waals surface area contributed by atoms with Crippen molar-refractivity contribution in [3.8, 4) is 0 Å². The van der Waals surface area contributed by atoms with Crippen molar-refractivity contribution in [1.29, 1.82) is 0 Å². The third-order valence-corrected chi connectivity index (χ3v) is 1.91. The molecule has 1 heterocycles. The van der Waals surface area contributed by atoms with Crippen LogP contribution in [0.25, 0.3) is 0 Å². The van der Waals surface area contributed by atoms with Gasteiger partial charge in [0.05, 0.1) is 6.10 Å². The van der Waals surface area contributed by atoms with Crippen molar-refractivity contribution in [2.45, 2.75) is 20.0 Å². The van der Waals surface area contributed by atoms with Gasteiger partial charge in [0, 0.05) is 11.6 Å². The van der Waals surface area contributed by atoms with Crippen LogP contribution < -0.4 is 5.32 Å². The lowest BCUT2D eigenvalue weighted by atomic mass is 10.5. The fourth-order valence-corrected chi connectivity index (χ4v) is 1.23. The predicted octanol–water partition coefficient (Wildman–Crippen LogP) is 1.51. The maximum Gasteiger partial charge on any atom is 0.252 e.